The molecule has 29 heavy (non-hydrogen) atoms. The molecule has 1 aliphatic rings. The van der Waals surface area contributed by atoms with Crippen LogP contribution in [0.5, 0.6) is 5.75 Å². The van der Waals surface area contributed by atoms with Gasteiger partial charge in [0, 0.05) is 24.3 Å². The van der Waals surface area contributed by atoms with E-state index in [1.165, 1.54) is 0 Å². The third-order valence-corrected chi connectivity index (χ3v) is 4.61. The third kappa shape index (κ3) is 4.93. The molecule has 1 atom stereocenters. The molecule has 1 N–H and O–H groups in total. The number of amides is 2. The first-order chi connectivity index (χ1) is 13.9. The van der Waals surface area contributed by atoms with Crippen LogP contribution in [-0.2, 0) is 14.3 Å². The van der Waals surface area contributed by atoms with Gasteiger partial charge in [0.05, 0.1) is 24.7 Å². The number of esters is 1. The Kier molecular flexibility index (Phi) is 6.16. The maximum Gasteiger partial charge on any atom is 0.338 e. The molecule has 1 fully saturated rings. The van der Waals surface area contributed by atoms with E-state index in [0.717, 1.165) is 5.69 Å². The van der Waals surface area contributed by atoms with E-state index in [9.17, 15) is 14.4 Å². The molecule has 3 rings (SSSR count). The maximum atomic E-state index is 12.6. The number of carbonyl (C=O) groups is 3. The van der Waals surface area contributed by atoms with Gasteiger partial charge in [-0.25, -0.2) is 4.79 Å². The van der Waals surface area contributed by atoms with E-state index in [1.54, 1.807) is 74.4 Å². The topological polar surface area (TPSA) is 84.9 Å². The number of hydrogen-bond acceptors (Lipinski definition) is 5. The van der Waals surface area contributed by atoms with E-state index in [1.807, 2.05) is 0 Å². The van der Waals surface area contributed by atoms with Crippen molar-refractivity contribution in [2.24, 2.45) is 5.92 Å². The van der Waals surface area contributed by atoms with Crippen LogP contribution in [0.3, 0.4) is 0 Å². The van der Waals surface area contributed by atoms with Crippen molar-refractivity contribution < 1.29 is 23.9 Å². The molecule has 0 unspecified atom stereocenters. The SMILES string of the molecule is COc1ccc(N2C[C@@H](C(=O)Nc3ccc(C(=O)OC(C)C)cc3)CC2=O)cc1. The summed E-state index contributed by atoms with van der Waals surface area (Å²) in [6.45, 7) is 3.88. The van der Waals surface area contributed by atoms with Crippen LogP contribution >= 0.6 is 0 Å². The van der Waals surface area contributed by atoms with Crippen molar-refractivity contribution >= 4 is 29.2 Å². The van der Waals surface area contributed by atoms with E-state index >= 15 is 0 Å². The molecule has 152 valence electrons. The minimum absolute atomic E-state index is 0.0953. The number of rotatable bonds is 6. The quantitative estimate of drug-likeness (QED) is 0.758. The predicted octanol–water partition coefficient (Wildman–Crippen LogP) is 3.25. The van der Waals surface area contributed by atoms with Crippen molar-refractivity contribution in [3.63, 3.8) is 0 Å². The zero-order valence-electron chi connectivity index (χ0n) is 16.7. The highest BCUT2D eigenvalue weighted by Crippen LogP contribution is 2.27. The van der Waals surface area contributed by atoms with E-state index in [-0.39, 0.29) is 24.3 Å². The largest absolute Gasteiger partial charge is 0.497 e. The Morgan fingerprint density at radius 2 is 1.72 bits per heavy atom. The fourth-order valence-corrected chi connectivity index (χ4v) is 3.11. The standard InChI is InChI=1S/C22H24N2O5/c1-14(2)29-22(27)15-4-6-17(7-5-15)23-21(26)16-12-20(25)24(13-16)18-8-10-19(28-3)11-9-18/h4-11,14,16H,12-13H2,1-3H3,(H,23,26)/t16-/m0/s1. The Morgan fingerprint density at radius 3 is 2.31 bits per heavy atom. The summed E-state index contributed by atoms with van der Waals surface area (Å²) in [7, 11) is 1.58. The smallest absolute Gasteiger partial charge is 0.338 e. The van der Waals surface area contributed by atoms with Crippen LogP contribution in [0.4, 0.5) is 11.4 Å². The third-order valence-electron chi connectivity index (χ3n) is 4.61. The van der Waals surface area contributed by atoms with E-state index in [2.05, 4.69) is 5.32 Å². The minimum atomic E-state index is -0.449. The van der Waals surface area contributed by atoms with Gasteiger partial charge in [-0.15, -0.1) is 0 Å². The summed E-state index contributed by atoms with van der Waals surface area (Å²) in [6.07, 6.45) is -0.0492. The second kappa shape index (κ2) is 8.77. The molecule has 1 heterocycles. The van der Waals surface area contributed by atoms with Crippen LogP contribution in [-0.4, -0.2) is 37.5 Å². The number of nitrogens with zero attached hydrogens (tertiary/aromatic N) is 1. The molecule has 1 saturated heterocycles. The molecule has 0 aromatic heterocycles. The van der Waals surface area contributed by atoms with Crippen molar-refractivity contribution in [2.45, 2.75) is 26.4 Å². The van der Waals surface area contributed by atoms with E-state index in [0.29, 0.717) is 23.5 Å². The van der Waals surface area contributed by atoms with Crippen molar-refractivity contribution in [1.82, 2.24) is 0 Å². The molecular weight excluding hydrogens is 372 g/mol. The van der Waals surface area contributed by atoms with Gasteiger partial charge in [0.2, 0.25) is 11.8 Å². The van der Waals surface area contributed by atoms with Crippen molar-refractivity contribution in [3.05, 3.63) is 54.1 Å². The summed E-state index contributed by atoms with van der Waals surface area (Å²) in [5.41, 5.74) is 1.71. The summed E-state index contributed by atoms with van der Waals surface area (Å²) >= 11 is 0. The van der Waals surface area contributed by atoms with Gasteiger partial charge < -0.3 is 19.7 Å². The summed E-state index contributed by atoms with van der Waals surface area (Å²) in [6, 6.07) is 13.6. The van der Waals surface area contributed by atoms with Gasteiger partial charge in [0.1, 0.15) is 5.75 Å². The molecular formula is C22H24N2O5. The van der Waals surface area contributed by atoms with Gasteiger partial charge in [-0.2, -0.15) is 0 Å². The molecule has 1 aliphatic heterocycles. The fraction of sp³-hybridized carbons (Fsp3) is 0.318. The highest BCUT2D eigenvalue weighted by Gasteiger charge is 2.35. The van der Waals surface area contributed by atoms with Crippen LogP contribution in [0.15, 0.2) is 48.5 Å². The van der Waals surface area contributed by atoms with Gasteiger partial charge in [-0.3, -0.25) is 9.59 Å². The van der Waals surface area contributed by atoms with Crippen molar-refractivity contribution in [3.8, 4) is 5.75 Å². The number of carbonyl (C=O) groups excluding carboxylic acids is 3. The summed E-state index contributed by atoms with van der Waals surface area (Å²) in [5.74, 6) is -0.478. The normalized spacial score (nSPS) is 16.1. The molecule has 0 aliphatic carbocycles. The van der Waals surface area contributed by atoms with Gasteiger partial charge in [-0.05, 0) is 62.4 Å². The van der Waals surface area contributed by atoms with Gasteiger partial charge >= 0.3 is 5.97 Å². The Balaban J connectivity index is 1.61. The van der Waals surface area contributed by atoms with Crippen LogP contribution in [0, 0.1) is 5.92 Å². The summed E-state index contributed by atoms with van der Waals surface area (Å²) in [5, 5.41) is 2.81. The minimum Gasteiger partial charge on any atom is -0.497 e. The first-order valence-electron chi connectivity index (χ1n) is 9.43. The lowest BCUT2D eigenvalue weighted by atomic mass is 10.1. The molecule has 2 aromatic carbocycles. The van der Waals surface area contributed by atoms with Gasteiger partial charge in [0.25, 0.3) is 0 Å². The van der Waals surface area contributed by atoms with E-state index < -0.39 is 11.9 Å². The van der Waals surface area contributed by atoms with Gasteiger partial charge in [0.15, 0.2) is 0 Å². The highest BCUT2D eigenvalue weighted by molar-refractivity contribution is 6.03. The molecule has 7 heteroatoms. The molecule has 2 aromatic rings. The van der Waals surface area contributed by atoms with E-state index in [4.69, 9.17) is 9.47 Å². The monoisotopic (exact) mass is 396 g/mol. The van der Waals surface area contributed by atoms with Crippen molar-refractivity contribution in [1.29, 1.82) is 0 Å². The van der Waals surface area contributed by atoms with Gasteiger partial charge in [-0.1, -0.05) is 0 Å². The molecule has 0 bridgehead atoms. The number of anilines is 2. The Bertz CT molecular complexity index is 890. The second-order valence-corrected chi connectivity index (χ2v) is 7.12. The number of ether oxygens (including phenoxy) is 2. The fourth-order valence-electron chi connectivity index (χ4n) is 3.11. The van der Waals surface area contributed by atoms with Crippen molar-refractivity contribution in [2.75, 3.05) is 23.9 Å². The second-order valence-electron chi connectivity index (χ2n) is 7.12. The first-order valence-corrected chi connectivity index (χ1v) is 9.43. The lowest BCUT2D eigenvalue weighted by Crippen LogP contribution is -2.28. The highest BCUT2D eigenvalue weighted by atomic mass is 16.5. The number of methoxy groups -OCH3 is 1. The lowest BCUT2D eigenvalue weighted by molar-refractivity contribution is -0.122. The average molecular weight is 396 g/mol. The summed E-state index contributed by atoms with van der Waals surface area (Å²) < 4.78 is 10.3. The number of nitrogens with one attached hydrogen (secondary N) is 1. The van der Waals surface area contributed by atoms with Crippen LogP contribution in [0.25, 0.3) is 0 Å². The Morgan fingerprint density at radius 1 is 1.07 bits per heavy atom. The molecule has 7 nitrogen and oxygen atoms in total. The summed E-state index contributed by atoms with van der Waals surface area (Å²) in [4.78, 5) is 38.5. The number of benzene rings is 2. The van der Waals surface area contributed by atoms with Crippen LogP contribution in [0.2, 0.25) is 0 Å². The molecule has 0 saturated carbocycles. The predicted molar refractivity (Wildman–Crippen MR) is 109 cm³/mol. The zero-order valence-corrected chi connectivity index (χ0v) is 16.7. The Hall–Kier alpha value is -3.35. The number of hydrogen-bond donors (Lipinski definition) is 1. The first kappa shape index (κ1) is 20.4. The average Bonchev–Trinajstić information content (AvgIpc) is 3.10. The maximum absolute atomic E-state index is 12.6. The molecule has 2 amide bonds. The van der Waals surface area contributed by atoms with Crippen LogP contribution in [0.1, 0.15) is 30.6 Å². The van der Waals surface area contributed by atoms with Crippen LogP contribution < -0.4 is 15.0 Å². The Labute approximate surface area is 169 Å². The zero-order chi connectivity index (χ0) is 21.0. The lowest BCUT2D eigenvalue weighted by Gasteiger charge is -2.17. The molecule has 0 radical (unpaired) electrons. The molecule has 0 spiro atoms.